The van der Waals surface area contributed by atoms with Crippen molar-refractivity contribution in [1.82, 2.24) is 0 Å². The number of hydrogen-bond acceptors (Lipinski definition) is 6. The summed E-state index contributed by atoms with van der Waals surface area (Å²) in [6.45, 7) is 8.84. The van der Waals surface area contributed by atoms with Gasteiger partial charge in [0.1, 0.15) is 24.7 Å². The van der Waals surface area contributed by atoms with Crippen LogP contribution in [0.4, 0.5) is 0 Å². The van der Waals surface area contributed by atoms with E-state index in [1.807, 2.05) is 66.7 Å². The molecule has 3 aromatic rings. The fourth-order valence-corrected chi connectivity index (χ4v) is 5.05. The molecule has 1 N–H and O–H groups in total. The maximum atomic E-state index is 12.3. The predicted octanol–water partition coefficient (Wildman–Crippen LogP) is 7.78. The molecule has 0 aliphatic carbocycles. The van der Waals surface area contributed by atoms with Crippen LogP contribution in [0.15, 0.2) is 72.8 Å². The van der Waals surface area contributed by atoms with Gasteiger partial charge in [-0.3, -0.25) is 9.59 Å². The lowest BCUT2D eigenvalue weighted by Gasteiger charge is -2.31. The first-order valence-electron chi connectivity index (χ1n) is 14.3. The summed E-state index contributed by atoms with van der Waals surface area (Å²) in [7, 11) is 1.63. The average molecular weight is 561 g/mol. The monoisotopic (exact) mass is 560 g/mol. The summed E-state index contributed by atoms with van der Waals surface area (Å²) in [6, 6.07) is 23.0. The number of carbonyl (C=O) groups is 2. The molecule has 3 aromatic carbocycles. The largest absolute Gasteiger partial charge is 0.508 e. The second-order valence-corrected chi connectivity index (χ2v) is 11.8. The minimum Gasteiger partial charge on any atom is -0.508 e. The van der Waals surface area contributed by atoms with E-state index in [9.17, 15) is 14.7 Å². The average Bonchev–Trinajstić information content (AvgIpc) is 2.95. The van der Waals surface area contributed by atoms with Crippen molar-refractivity contribution >= 4 is 11.9 Å². The van der Waals surface area contributed by atoms with E-state index < -0.39 is 0 Å². The van der Waals surface area contributed by atoms with E-state index in [1.165, 1.54) is 0 Å². The molecule has 3 rings (SSSR count). The number of ether oxygens (including phenoxy) is 3. The summed E-state index contributed by atoms with van der Waals surface area (Å²) in [5.41, 5.74) is 2.86. The highest BCUT2D eigenvalue weighted by Gasteiger charge is 2.30. The Morgan fingerprint density at radius 1 is 0.683 bits per heavy atom. The quantitative estimate of drug-likeness (QED) is 0.191. The van der Waals surface area contributed by atoms with E-state index in [0.717, 1.165) is 28.7 Å². The third-order valence-corrected chi connectivity index (χ3v) is 7.63. The first-order valence-corrected chi connectivity index (χ1v) is 14.3. The van der Waals surface area contributed by atoms with Crippen LogP contribution in [-0.4, -0.2) is 24.2 Å². The molecular weight excluding hydrogens is 516 g/mol. The first-order chi connectivity index (χ1) is 19.5. The first kappa shape index (κ1) is 31.7. The maximum Gasteiger partial charge on any atom is 0.306 e. The number of esters is 2. The van der Waals surface area contributed by atoms with Crippen molar-refractivity contribution in [2.24, 2.45) is 0 Å². The fourth-order valence-electron chi connectivity index (χ4n) is 5.05. The molecule has 41 heavy (non-hydrogen) atoms. The number of hydrogen-bond donors (Lipinski definition) is 1. The van der Waals surface area contributed by atoms with E-state index in [0.29, 0.717) is 37.9 Å². The number of aromatic hydroxyl groups is 1. The molecule has 0 fully saturated rings. The lowest BCUT2D eigenvalue weighted by Crippen LogP contribution is -2.22. The van der Waals surface area contributed by atoms with Gasteiger partial charge in [-0.1, -0.05) is 88.4 Å². The van der Waals surface area contributed by atoms with Crippen LogP contribution in [0.2, 0.25) is 0 Å². The van der Waals surface area contributed by atoms with Gasteiger partial charge in [0.05, 0.1) is 7.11 Å². The molecule has 220 valence electrons. The summed E-state index contributed by atoms with van der Waals surface area (Å²) in [6.07, 6.45) is 3.33. The molecule has 6 nitrogen and oxygen atoms in total. The van der Waals surface area contributed by atoms with Crippen molar-refractivity contribution in [2.75, 3.05) is 7.11 Å². The van der Waals surface area contributed by atoms with Crippen molar-refractivity contribution < 1.29 is 28.9 Å². The summed E-state index contributed by atoms with van der Waals surface area (Å²) < 4.78 is 16.6. The zero-order valence-corrected chi connectivity index (χ0v) is 25.1. The zero-order chi connectivity index (χ0) is 29.9. The van der Waals surface area contributed by atoms with E-state index in [4.69, 9.17) is 14.2 Å². The van der Waals surface area contributed by atoms with E-state index in [1.54, 1.807) is 13.2 Å². The summed E-state index contributed by atoms with van der Waals surface area (Å²) in [5, 5.41) is 11.1. The molecule has 0 atom stereocenters. The van der Waals surface area contributed by atoms with Gasteiger partial charge in [-0.25, -0.2) is 0 Å². The number of carbonyl (C=O) groups excluding carboxylic acids is 2. The minimum atomic E-state index is -0.387. The van der Waals surface area contributed by atoms with Gasteiger partial charge < -0.3 is 19.3 Å². The Morgan fingerprint density at radius 3 is 1.56 bits per heavy atom. The molecule has 0 unspecified atom stereocenters. The highest BCUT2D eigenvalue weighted by atomic mass is 16.5. The number of phenolic OH excluding ortho intramolecular Hbond substituents is 1. The molecule has 0 heterocycles. The molecule has 0 radical (unpaired) electrons. The van der Waals surface area contributed by atoms with Crippen LogP contribution in [0.25, 0.3) is 0 Å². The Bertz CT molecular complexity index is 1260. The SMILES string of the molecule is COc1cc(C(C)(C)CCCC(=O)OCc2ccccc2)c(O)cc1C(C)(C)CCCC(=O)OCc1ccccc1. The highest BCUT2D eigenvalue weighted by molar-refractivity contribution is 5.69. The van der Waals surface area contributed by atoms with Crippen molar-refractivity contribution in [2.45, 2.75) is 90.3 Å². The Hall–Kier alpha value is -3.80. The van der Waals surface area contributed by atoms with Crippen LogP contribution in [0.3, 0.4) is 0 Å². The number of rotatable bonds is 15. The number of benzene rings is 3. The fraction of sp³-hybridized carbons (Fsp3) is 0.429. The van der Waals surface area contributed by atoms with Gasteiger partial charge in [0.15, 0.2) is 0 Å². The Balaban J connectivity index is 1.55. The Morgan fingerprint density at radius 2 is 1.12 bits per heavy atom. The second-order valence-electron chi connectivity index (χ2n) is 11.8. The van der Waals surface area contributed by atoms with Gasteiger partial charge in [-0.15, -0.1) is 0 Å². The van der Waals surface area contributed by atoms with Gasteiger partial charge in [0.25, 0.3) is 0 Å². The highest BCUT2D eigenvalue weighted by Crippen LogP contribution is 2.44. The number of phenols is 1. The maximum absolute atomic E-state index is 12.3. The Labute approximate surface area is 244 Å². The standard InChI is InChI=1S/C35H44O6/c1-34(2,20-12-18-32(37)40-24-26-14-8-6-9-15-26)28-23-31(39-5)29(22-30(28)36)35(3,4)21-13-19-33(38)41-25-27-16-10-7-11-17-27/h6-11,14-17,22-23,36H,12-13,18-21,24-25H2,1-5H3. The van der Waals surface area contributed by atoms with Crippen LogP contribution < -0.4 is 4.74 Å². The van der Waals surface area contributed by atoms with Crippen LogP contribution in [0.1, 0.15) is 88.5 Å². The molecule has 0 bridgehead atoms. The van der Waals surface area contributed by atoms with Gasteiger partial charge in [-0.2, -0.15) is 0 Å². The molecule has 0 saturated heterocycles. The third kappa shape index (κ3) is 9.66. The molecule has 0 spiro atoms. The topological polar surface area (TPSA) is 82.1 Å². The van der Waals surface area contributed by atoms with Gasteiger partial charge in [-0.05, 0) is 59.8 Å². The number of methoxy groups -OCH3 is 1. The van der Waals surface area contributed by atoms with Crippen LogP contribution >= 0.6 is 0 Å². The van der Waals surface area contributed by atoms with Crippen molar-refractivity contribution in [3.63, 3.8) is 0 Å². The summed E-state index contributed by atoms with van der Waals surface area (Å²) in [5.74, 6) is 0.450. The molecule has 0 aliphatic rings. The second kappa shape index (κ2) is 14.7. The predicted molar refractivity (Wildman–Crippen MR) is 161 cm³/mol. The van der Waals surface area contributed by atoms with E-state index in [2.05, 4.69) is 27.7 Å². The van der Waals surface area contributed by atoms with Gasteiger partial charge in [0.2, 0.25) is 0 Å². The van der Waals surface area contributed by atoms with Crippen molar-refractivity contribution in [1.29, 1.82) is 0 Å². The summed E-state index contributed by atoms with van der Waals surface area (Å²) >= 11 is 0. The van der Waals surface area contributed by atoms with Crippen molar-refractivity contribution in [3.8, 4) is 11.5 Å². The smallest absolute Gasteiger partial charge is 0.306 e. The summed E-state index contributed by atoms with van der Waals surface area (Å²) in [4.78, 5) is 24.6. The van der Waals surface area contributed by atoms with Gasteiger partial charge in [0, 0.05) is 24.0 Å². The lowest BCUT2D eigenvalue weighted by molar-refractivity contribution is -0.146. The molecular formula is C35H44O6. The van der Waals surface area contributed by atoms with Crippen LogP contribution in [0.5, 0.6) is 11.5 Å². The van der Waals surface area contributed by atoms with Gasteiger partial charge >= 0.3 is 11.9 Å². The molecule has 0 aromatic heterocycles. The van der Waals surface area contributed by atoms with Crippen molar-refractivity contribution in [3.05, 3.63) is 95.1 Å². The Kier molecular flexibility index (Phi) is 11.4. The van der Waals surface area contributed by atoms with Crippen LogP contribution in [-0.2, 0) is 43.1 Å². The van der Waals surface area contributed by atoms with E-state index in [-0.39, 0.29) is 41.7 Å². The molecule has 0 saturated carbocycles. The molecule has 0 amide bonds. The normalized spacial score (nSPS) is 11.6. The lowest BCUT2D eigenvalue weighted by atomic mass is 9.75. The van der Waals surface area contributed by atoms with Crippen LogP contribution in [0, 0.1) is 0 Å². The van der Waals surface area contributed by atoms with E-state index >= 15 is 0 Å². The zero-order valence-electron chi connectivity index (χ0n) is 25.1. The molecule has 0 aliphatic heterocycles. The minimum absolute atomic E-state index is 0.202. The third-order valence-electron chi connectivity index (χ3n) is 7.63. The molecule has 6 heteroatoms.